The molecular formula is C11H17NO2S. The third-order valence-electron chi connectivity index (χ3n) is 2.01. The summed E-state index contributed by atoms with van der Waals surface area (Å²) in [5.74, 6) is 3.62. The van der Waals surface area contributed by atoms with Gasteiger partial charge in [0.1, 0.15) is 11.5 Å². The van der Waals surface area contributed by atoms with Gasteiger partial charge in [0.15, 0.2) is 0 Å². The van der Waals surface area contributed by atoms with Gasteiger partial charge in [0, 0.05) is 23.6 Å². The van der Waals surface area contributed by atoms with E-state index < -0.39 is 0 Å². The average molecular weight is 227 g/mol. The first-order valence-electron chi connectivity index (χ1n) is 4.80. The molecule has 0 fully saturated rings. The number of nitrogens with two attached hydrogens (primary N) is 1. The van der Waals surface area contributed by atoms with Gasteiger partial charge in [0.05, 0.1) is 14.2 Å². The number of ether oxygens (including phenoxy) is 2. The van der Waals surface area contributed by atoms with Gasteiger partial charge in [-0.3, -0.25) is 0 Å². The molecule has 4 heteroatoms. The van der Waals surface area contributed by atoms with Crippen LogP contribution in [0.1, 0.15) is 5.56 Å². The fourth-order valence-electron chi connectivity index (χ4n) is 1.26. The van der Waals surface area contributed by atoms with Crippen LogP contribution in [0, 0.1) is 0 Å². The van der Waals surface area contributed by atoms with E-state index in [0.29, 0.717) is 6.54 Å². The molecule has 3 nitrogen and oxygen atoms in total. The predicted octanol–water partition coefficient (Wildman–Crippen LogP) is 1.90. The number of hydrogen-bond donors (Lipinski definition) is 1. The smallest absolute Gasteiger partial charge is 0.123 e. The number of benzene rings is 1. The molecule has 0 amide bonds. The average Bonchev–Trinajstić information content (AvgIpc) is 2.29. The first-order valence-corrected chi connectivity index (χ1v) is 5.96. The Morgan fingerprint density at radius 3 is 2.67 bits per heavy atom. The van der Waals surface area contributed by atoms with Crippen LogP contribution in [-0.4, -0.2) is 26.5 Å². The van der Waals surface area contributed by atoms with E-state index in [1.54, 1.807) is 26.0 Å². The van der Waals surface area contributed by atoms with Gasteiger partial charge in [0.2, 0.25) is 0 Å². The van der Waals surface area contributed by atoms with E-state index in [9.17, 15) is 0 Å². The highest BCUT2D eigenvalue weighted by atomic mass is 32.2. The molecular weight excluding hydrogens is 210 g/mol. The van der Waals surface area contributed by atoms with Crippen LogP contribution in [0.3, 0.4) is 0 Å². The van der Waals surface area contributed by atoms with Crippen LogP contribution in [-0.2, 0) is 5.75 Å². The Morgan fingerprint density at radius 1 is 1.27 bits per heavy atom. The molecule has 0 saturated carbocycles. The van der Waals surface area contributed by atoms with E-state index in [1.807, 2.05) is 18.2 Å². The summed E-state index contributed by atoms with van der Waals surface area (Å²) in [4.78, 5) is 0. The number of thioether (sulfide) groups is 1. The highest BCUT2D eigenvalue weighted by molar-refractivity contribution is 7.98. The summed E-state index contributed by atoms with van der Waals surface area (Å²) >= 11 is 1.79. The van der Waals surface area contributed by atoms with Crippen molar-refractivity contribution in [3.05, 3.63) is 23.8 Å². The third-order valence-corrected chi connectivity index (χ3v) is 3.05. The van der Waals surface area contributed by atoms with Crippen molar-refractivity contribution in [3.63, 3.8) is 0 Å². The van der Waals surface area contributed by atoms with E-state index in [-0.39, 0.29) is 0 Å². The molecule has 0 aliphatic carbocycles. The van der Waals surface area contributed by atoms with Crippen molar-refractivity contribution in [1.29, 1.82) is 0 Å². The molecule has 84 valence electrons. The molecule has 1 aromatic rings. The first kappa shape index (κ1) is 12.2. The van der Waals surface area contributed by atoms with Gasteiger partial charge in [0.25, 0.3) is 0 Å². The zero-order chi connectivity index (χ0) is 11.1. The summed E-state index contributed by atoms with van der Waals surface area (Å²) in [5, 5.41) is 0. The van der Waals surface area contributed by atoms with Crippen molar-refractivity contribution in [2.24, 2.45) is 5.73 Å². The second kappa shape index (κ2) is 6.58. The molecule has 2 N–H and O–H groups in total. The van der Waals surface area contributed by atoms with Crippen LogP contribution in [0.2, 0.25) is 0 Å². The standard InChI is InChI=1S/C11H17NO2S/c1-13-10-3-4-11(14-2)9(7-10)8-15-6-5-12/h3-4,7H,5-6,8,12H2,1-2H3. The quantitative estimate of drug-likeness (QED) is 0.754. The summed E-state index contributed by atoms with van der Waals surface area (Å²) in [6, 6.07) is 5.83. The van der Waals surface area contributed by atoms with Gasteiger partial charge >= 0.3 is 0 Å². The second-order valence-corrected chi connectivity index (χ2v) is 4.12. The maximum absolute atomic E-state index is 5.44. The zero-order valence-electron chi connectivity index (χ0n) is 9.16. The monoisotopic (exact) mass is 227 g/mol. The Labute approximate surface area is 94.9 Å². The van der Waals surface area contributed by atoms with Crippen LogP contribution in [0.4, 0.5) is 0 Å². The minimum atomic E-state index is 0.705. The molecule has 0 spiro atoms. The summed E-state index contributed by atoms with van der Waals surface area (Å²) in [7, 11) is 3.34. The molecule has 1 rings (SSSR count). The van der Waals surface area contributed by atoms with Gasteiger partial charge in [-0.1, -0.05) is 0 Å². The topological polar surface area (TPSA) is 44.5 Å². The molecule has 0 bridgehead atoms. The summed E-state index contributed by atoms with van der Waals surface area (Å²) < 4.78 is 10.4. The summed E-state index contributed by atoms with van der Waals surface area (Å²) in [5.41, 5.74) is 6.59. The molecule has 0 radical (unpaired) electrons. The second-order valence-electron chi connectivity index (χ2n) is 3.02. The maximum atomic E-state index is 5.44. The Morgan fingerprint density at radius 2 is 2.07 bits per heavy atom. The molecule has 0 aliphatic rings. The molecule has 1 aromatic carbocycles. The van der Waals surface area contributed by atoms with Gasteiger partial charge in [-0.15, -0.1) is 0 Å². The highest BCUT2D eigenvalue weighted by Gasteiger charge is 2.04. The number of methoxy groups -OCH3 is 2. The Kier molecular flexibility index (Phi) is 5.36. The molecule has 0 saturated heterocycles. The van der Waals surface area contributed by atoms with Gasteiger partial charge < -0.3 is 15.2 Å². The molecule has 15 heavy (non-hydrogen) atoms. The molecule has 0 heterocycles. The number of rotatable bonds is 6. The summed E-state index contributed by atoms with van der Waals surface area (Å²) in [6.45, 7) is 0.705. The third kappa shape index (κ3) is 3.64. The van der Waals surface area contributed by atoms with Crippen LogP contribution >= 0.6 is 11.8 Å². The van der Waals surface area contributed by atoms with E-state index >= 15 is 0 Å². The minimum absolute atomic E-state index is 0.705. The predicted molar refractivity (Wildman–Crippen MR) is 64.8 cm³/mol. The normalized spacial score (nSPS) is 10.1. The van der Waals surface area contributed by atoms with E-state index in [1.165, 1.54) is 0 Å². The van der Waals surface area contributed by atoms with E-state index in [2.05, 4.69) is 0 Å². The largest absolute Gasteiger partial charge is 0.497 e. The van der Waals surface area contributed by atoms with E-state index in [0.717, 1.165) is 28.6 Å². The van der Waals surface area contributed by atoms with Crippen molar-refractivity contribution in [2.45, 2.75) is 5.75 Å². The lowest BCUT2D eigenvalue weighted by atomic mass is 10.2. The molecule has 0 aromatic heterocycles. The van der Waals surface area contributed by atoms with Gasteiger partial charge in [-0.25, -0.2) is 0 Å². The van der Waals surface area contributed by atoms with Crippen molar-refractivity contribution < 1.29 is 9.47 Å². The highest BCUT2D eigenvalue weighted by Crippen LogP contribution is 2.27. The zero-order valence-corrected chi connectivity index (χ0v) is 9.97. The lowest BCUT2D eigenvalue weighted by Crippen LogP contribution is -2.01. The van der Waals surface area contributed by atoms with Crippen LogP contribution in [0.25, 0.3) is 0 Å². The van der Waals surface area contributed by atoms with Crippen molar-refractivity contribution in [3.8, 4) is 11.5 Å². The Hall–Kier alpha value is -0.870. The van der Waals surface area contributed by atoms with Crippen LogP contribution < -0.4 is 15.2 Å². The van der Waals surface area contributed by atoms with Crippen LogP contribution in [0.15, 0.2) is 18.2 Å². The Balaban J connectivity index is 2.72. The lowest BCUT2D eigenvalue weighted by Gasteiger charge is -2.09. The first-order chi connectivity index (χ1) is 7.31. The lowest BCUT2D eigenvalue weighted by molar-refractivity contribution is 0.400. The molecule has 0 aliphatic heterocycles. The summed E-state index contributed by atoms with van der Waals surface area (Å²) in [6.07, 6.45) is 0. The van der Waals surface area contributed by atoms with E-state index in [4.69, 9.17) is 15.2 Å². The maximum Gasteiger partial charge on any atom is 0.123 e. The number of hydrogen-bond acceptors (Lipinski definition) is 4. The SMILES string of the molecule is COc1ccc(OC)c(CSCCN)c1. The van der Waals surface area contributed by atoms with Crippen molar-refractivity contribution in [2.75, 3.05) is 26.5 Å². The molecule has 0 unspecified atom stereocenters. The van der Waals surface area contributed by atoms with Crippen LogP contribution in [0.5, 0.6) is 11.5 Å². The minimum Gasteiger partial charge on any atom is -0.497 e. The fourth-order valence-corrected chi connectivity index (χ4v) is 2.02. The van der Waals surface area contributed by atoms with Crippen molar-refractivity contribution >= 4 is 11.8 Å². The Bertz CT molecular complexity index is 305. The van der Waals surface area contributed by atoms with Gasteiger partial charge in [-0.2, -0.15) is 11.8 Å². The molecule has 0 atom stereocenters. The van der Waals surface area contributed by atoms with Gasteiger partial charge in [-0.05, 0) is 18.2 Å². The fraction of sp³-hybridized carbons (Fsp3) is 0.455. The van der Waals surface area contributed by atoms with Crippen molar-refractivity contribution in [1.82, 2.24) is 0 Å².